The zero-order valence-corrected chi connectivity index (χ0v) is 19.5. The van der Waals surface area contributed by atoms with Gasteiger partial charge in [-0.25, -0.2) is 0 Å². The predicted octanol–water partition coefficient (Wildman–Crippen LogP) is 3.95. The zero-order chi connectivity index (χ0) is 24.1. The third kappa shape index (κ3) is 3.98. The van der Waals surface area contributed by atoms with E-state index < -0.39 is 5.41 Å². The molecule has 1 aliphatic carbocycles. The van der Waals surface area contributed by atoms with E-state index in [0.717, 1.165) is 29.3 Å². The second-order valence-electron chi connectivity index (χ2n) is 10.2. The first kappa shape index (κ1) is 22.3. The van der Waals surface area contributed by atoms with E-state index in [1.165, 1.54) is 0 Å². The number of amides is 2. The van der Waals surface area contributed by atoms with Crippen molar-refractivity contribution in [3.8, 4) is 11.5 Å². The molecule has 3 aromatic rings. The lowest BCUT2D eigenvalue weighted by atomic mass is 9.87. The van der Waals surface area contributed by atoms with Crippen molar-refractivity contribution in [2.24, 2.45) is 5.41 Å². The van der Waals surface area contributed by atoms with Gasteiger partial charge in [0.25, 0.3) is 5.91 Å². The Morgan fingerprint density at radius 2 is 1.88 bits per heavy atom. The Morgan fingerprint density at radius 3 is 2.59 bits per heavy atom. The molecule has 2 aliphatic rings. The van der Waals surface area contributed by atoms with Gasteiger partial charge in [0, 0.05) is 18.0 Å². The van der Waals surface area contributed by atoms with Crippen LogP contribution in [0.25, 0.3) is 10.9 Å². The molecule has 2 amide bonds. The molecule has 2 aromatic carbocycles. The molecule has 1 atom stereocenters. The number of ether oxygens (including phenoxy) is 2. The van der Waals surface area contributed by atoms with Crippen LogP contribution in [0.4, 0.5) is 5.69 Å². The van der Waals surface area contributed by atoms with Crippen LogP contribution in [-0.4, -0.2) is 41.3 Å². The number of anilines is 1. The van der Waals surface area contributed by atoms with Crippen molar-refractivity contribution < 1.29 is 25.6 Å². The largest absolute Gasteiger partial charge is 0.454 e. The van der Waals surface area contributed by atoms with E-state index in [1.807, 2.05) is 57.2 Å². The van der Waals surface area contributed by atoms with E-state index in [0.29, 0.717) is 22.9 Å². The minimum absolute atomic E-state index is 0. The minimum atomic E-state index is -0.564. The smallest absolute Gasteiger partial charge is 0.268 e. The van der Waals surface area contributed by atoms with Crippen molar-refractivity contribution >= 4 is 28.4 Å². The van der Waals surface area contributed by atoms with Crippen LogP contribution < -0.4 is 20.1 Å². The van der Waals surface area contributed by atoms with E-state index in [1.54, 1.807) is 6.07 Å². The molecule has 0 saturated heterocycles. The maximum Gasteiger partial charge on any atom is 0.268 e. The van der Waals surface area contributed by atoms with Crippen molar-refractivity contribution in [2.45, 2.75) is 45.1 Å². The minimum Gasteiger partial charge on any atom is -0.454 e. The Bertz CT molecular complexity index is 1280. The molecule has 0 bridgehead atoms. The van der Waals surface area contributed by atoms with Gasteiger partial charge in [0.1, 0.15) is 5.69 Å². The van der Waals surface area contributed by atoms with Gasteiger partial charge in [0.2, 0.25) is 12.7 Å². The first-order valence-electron chi connectivity index (χ1n) is 11.5. The van der Waals surface area contributed by atoms with Gasteiger partial charge < -0.3 is 30.2 Å². The summed E-state index contributed by atoms with van der Waals surface area (Å²) in [6.45, 7) is 5.95. The molecule has 34 heavy (non-hydrogen) atoms. The van der Waals surface area contributed by atoms with E-state index >= 15 is 0 Å². The van der Waals surface area contributed by atoms with Crippen molar-refractivity contribution in [1.82, 2.24) is 10.3 Å². The van der Waals surface area contributed by atoms with Gasteiger partial charge in [-0.2, -0.15) is 0 Å². The first-order valence-corrected chi connectivity index (χ1v) is 11.5. The molecular formula is C26H31N3O5. The third-order valence-electron chi connectivity index (χ3n) is 6.77. The van der Waals surface area contributed by atoms with Crippen LogP contribution in [0.3, 0.4) is 0 Å². The van der Waals surface area contributed by atoms with Crippen LogP contribution in [0.15, 0.2) is 42.5 Å². The summed E-state index contributed by atoms with van der Waals surface area (Å²) in [7, 11) is 0. The van der Waals surface area contributed by atoms with Gasteiger partial charge in [-0.05, 0) is 60.2 Å². The number of carbonyl (C=O) groups is 2. The van der Waals surface area contributed by atoms with E-state index in [4.69, 9.17) is 9.47 Å². The van der Waals surface area contributed by atoms with Crippen LogP contribution in [-0.2, 0) is 10.2 Å². The fourth-order valence-corrected chi connectivity index (χ4v) is 4.32. The van der Waals surface area contributed by atoms with Crippen LogP contribution in [0.2, 0.25) is 0 Å². The molecule has 0 spiro atoms. The number of benzene rings is 2. The van der Waals surface area contributed by atoms with Crippen molar-refractivity contribution in [3.05, 3.63) is 53.7 Å². The Hall–Kier alpha value is -3.52. The number of carbonyl (C=O) groups excluding carboxylic acids is 2. The number of hydrogen-bond donors (Lipinski definition) is 4. The Balaban J connectivity index is 0.00000289. The summed E-state index contributed by atoms with van der Waals surface area (Å²) in [5.74, 6) is 1.03. The highest BCUT2D eigenvalue weighted by Crippen LogP contribution is 2.51. The van der Waals surface area contributed by atoms with Gasteiger partial charge in [-0.15, -0.1) is 0 Å². The van der Waals surface area contributed by atoms with Crippen LogP contribution in [0.5, 0.6) is 11.5 Å². The molecular weight excluding hydrogens is 434 g/mol. The second kappa shape index (κ2) is 8.06. The highest BCUT2D eigenvalue weighted by molar-refractivity contribution is 6.03. The third-order valence-corrected chi connectivity index (χ3v) is 6.77. The number of hydrogen-bond acceptors (Lipinski definition) is 5. The standard InChI is InChI=1S/C26H29N3O5.H2/c1-25(2,3)22(13-30)29-23(31)19-11-15-10-17(5-6-18(15)28-19)27-24(32)26(8-9-26)16-4-7-20-21(12-16)34-14-33-20;/h4-7,10-12,22,28,30H,8-9,13-14H2,1-3H3,(H,27,32)(H,29,31);1H/t22-;/m0./s1. The fraction of sp³-hybridized carbons (Fsp3) is 0.385. The molecule has 0 radical (unpaired) electrons. The van der Waals surface area contributed by atoms with Crippen molar-refractivity contribution in [1.29, 1.82) is 0 Å². The summed E-state index contributed by atoms with van der Waals surface area (Å²) in [6.07, 6.45) is 1.55. The number of nitrogens with one attached hydrogen (secondary N) is 3. The highest BCUT2D eigenvalue weighted by atomic mass is 16.7. The van der Waals surface area contributed by atoms with Crippen LogP contribution in [0, 0.1) is 5.41 Å². The maximum absolute atomic E-state index is 13.2. The lowest BCUT2D eigenvalue weighted by Gasteiger charge is -2.29. The first-order chi connectivity index (χ1) is 16.2. The molecule has 180 valence electrons. The Labute approximate surface area is 199 Å². The monoisotopic (exact) mass is 465 g/mol. The van der Waals surface area contributed by atoms with Gasteiger partial charge >= 0.3 is 0 Å². The summed E-state index contributed by atoms with van der Waals surface area (Å²) in [4.78, 5) is 29.1. The van der Waals surface area contributed by atoms with Gasteiger partial charge in [0.15, 0.2) is 11.5 Å². The van der Waals surface area contributed by atoms with Crippen LogP contribution >= 0.6 is 0 Å². The molecule has 1 aromatic heterocycles. The number of aliphatic hydroxyl groups is 1. The molecule has 2 heterocycles. The topological polar surface area (TPSA) is 113 Å². The van der Waals surface area contributed by atoms with E-state index in [9.17, 15) is 14.7 Å². The average molecular weight is 466 g/mol. The van der Waals surface area contributed by atoms with E-state index in [-0.39, 0.29) is 38.1 Å². The average Bonchev–Trinajstić information content (AvgIpc) is 3.29. The summed E-state index contributed by atoms with van der Waals surface area (Å²) >= 11 is 0. The Morgan fingerprint density at radius 1 is 1.12 bits per heavy atom. The summed E-state index contributed by atoms with van der Waals surface area (Å²) in [6, 6.07) is 12.6. The SMILES string of the molecule is CC(C)(C)[C@H](CO)NC(=O)c1cc2cc(NC(=O)C3(c4ccc5c(c4)OCO5)CC3)ccc2[nH]1.[HH]. The summed E-state index contributed by atoms with van der Waals surface area (Å²) in [5.41, 5.74) is 1.94. The zero-order valence-electron chi connectivity index (χ0n) is 19.5. The van der Waals surface area contributed by atoms with Crippen LogP contribution in [0.1, 0.15) is 51.1 Å². The van der Waals surface area contributed by atoms with Gasteiger partial charge in [-0.3, -0.25) is 9.59 Å². The van der Waals surface area contributed by atoms with Crippen molar-refractivity contribution in [3.63, 3.8) is 0 Å². The molecule has 1 fully saturated rings. The number of fused-ring (bicyclic) bond motifs is 2. The molecule has 1 saturated carbocycles. The Kier molecular flexibility index (Phi) is 5.28. The predicted molar refractivity (Wildman–Crippen MR) is 130 cm³/mol. The number of aromatic nitrogens is 1. The normalized spacial score (nSPS) is 16.8. The molecule has 4 N–H and O–H groups in total. The number of aromatic amines is 1. The maximum atomic E-state index is 13.2. The lowest BCUT2D eigenvalue weighted by Crippen LogP contribution is -2.46. The van der Waals surface area contributed by atoms with E-state index in [2.05, 4.69) is 15.6 Å². The fourth-order valence-electron chi connectivity index (χ4n) is 4.32. The molecule has 8 nitrogen and oxygen atoms in total. The summed E-state index contributed by atoms with van der Waals surface area (Å²) in [5, 5.41) is 16.4. The number of aliphatic hydroxyl groups excluding tert-OH is 1. The second-order valence-corrected chi connectivity index (χ2v) is 10.2. The van der Waals surface area contributed by atoms with Crippen molar-refractivity contribution in [2.75, 3.05) is 18.7 Å². The molecule has 8 heteroatoms. The molecule has 1 aliphatic heterocycles. The number of H-pyrrole nitrogens is 1. The lowest BCUT2D eigenvalue weighted by molar-refractivity contribution is -0.118. The molecule has 5 rings (SSSR count). The quantitative estimate of drug-likeness (QED) is 0.440. The summed E-state index contributed by atoms with van der Waals surface area (Å²) < 4.78 is 10.9. The molecule has 0 unspecified atom stereocenters. The highest BCUT2D eigenvalue weighted by Gasteiger charge is 2.51. The van der Waals surface area contributed by atoms with Gasteiger partial charge in [0.05, 0.1) is 18.1 Å². The number of rotatable bonds is 6. The van der Waals surface area contributed by atoms with Gasteiger partial charge in [-0.1, -0.05) is 26.8 Å².